The summed E-state index contributed by atoms with van der Waals surface area (Å²) in [6.45, 7) is 14.6. The van der Waals surface area contributed by atoms with Gasteiger partial charge in [-0.25, -0.2) is 0 Å². The Hall–Kier alpha value is -3.09. The molecule has 0 aromatic heterocycles. The predicted molar refractivity (Wildman–Crippen MR) is 140 cm³/mol. The van der Waals surface area contributed by atoms with Crippen molar-refractivity contribution >= 4 is 11.6 Å². The summed E-state index contributed by atoms with van der Waals surface area (Å²) in [4.78, 5) is 23.2. The van der Waals surface area contributed by atoms with Crippen molar-refractivity contribution in [3.63, 3.8) is 0 Å². The maximum absolute atomic E-state index is 12.5. The highest BCUT2D eigenvalue weighted by Crippen LogP contribution is 2.32. The molecular weight excluding hydrogens is 444 g/mol. The molecule has 192 valence electrons. The average molecular weight is 485 g/mol. The van der Waals surface area contributed by atoms with Gasteiger partial charge in [-0.15, -0.1) is 0 Å². The number of aryl methyl sites for hydroxylation is 1. The largest absolute Gasteiger partial charge is 0.488 e. The molecule has 35 heavy (non-hydrogen) atoms. The number of hydrogen-bond acceptors (Lipinski definition) is 5. The Labute approximate surface area is 209 Å². The van der Waals surface area contributed by atoms with Gasteiger partial charge in [0.05, 0.1) is 4.92 Å². The molecule has 0 unspecified atom stereocenters. The fourth-order valence-corrected chi connectivity index (χ4v) is 3.47. The van der Waals surface area contributed by atoms with Crippen LogP contribution in [-0.2, 0) is 6.42 Å². The minimum absolute atomic E-state index is 0.0464. The summed E-state index contributed by atoms with van der Waals surface area (Å²) in [6.07, 6.45) is 4.21. The summed E-state index contributed by atoms with van der Waals surface area (Å²) in [5.74, 6) is 1.33. The molecule has 0 radical (unpaired) electrons. The first-order valence-corrected chi connectivity index (χ1v) is 12.4. The first-order valence-electron chi connectivity index (χ1n) is 12.4. The molecule has 0 saturated heterocycles. The Bertz CT molecular complexity index is 1030. The number of nitro benzene ring substituents is 1. The zero-order chi connectivity index (χ0) is 26.2. The standard InChI is InChI=1S/C28H40N2O5/c1-8-27(4,5)34-22-17-16-21(25(19-22)35-28(6,7)9-2)13-10-11-18-29-26(31)23-14-12-15-24(20(23)3)30(32)33/h12,14-17,19H,8-11,13,18H2,1-7H3,(H,29,31). The molecule has 0 aliphatic carbocycles. The second-order valence-electron chi connectivity index (χ2n) is 10.1. The van der Waals surface area contributed by atoms with Gasteiger partial charge in [-0.05, 0) is 84.4 Å². The molecule has 1 N–H and O–H groups in total. The molecule has 0 aliphatic heterocycles. The molecule has 0 bridgehead atoms. The molecule has 7 nitrogen and oxygen atoms in total. The third-order valence-electron chi connectivity index (χ3n) is 6.43. The highest BCUT2D eigenvalue weighted by atomic mass is 16.6. The topological polar surface area (TPSA) is 90.7 Å². The normalized spacial score (nSPS) is 11.7. The lowest BCUT2D eigenvalue weighted by Gasteiger charge is -2.29. The number of nitrogens with one attached hydrogen (secondary N) is 1. The SMILES string of the molecule is CCC(C)(C)Oc1ccc(CCCCNC(=O)c2cccc([N+](=O)[O-])c2C)c(OC(C)(C)CC)c1. The van der Waals surface area contributed by atoms with Crippen LogP contribution < -0.4 is 14.8 Å². The van der Waals surface area contributed by atoms with Gasteiger partial charge in [-0.1, -0.05) is 26.0 Å². The number of nitro groups is 1. The quantitative estimate of drug-likeness (QED) is 0.192. The van der Waals surface area contributed by atoms with Crippen LogP contribution >= 0.6 is 0 Å². The van der Waals surface area contributed by atoms with E-state index in [4.69, 9.17) is 9.47 Å². The van der Waals surface area contributed by atoms with Crippen LogP contribution in [0.4, 0.5) is 5.69 Å². The van der Waals surface area contributed by atoms with E-state index in [-0.39, 0.29) is 22.8 Å². The molecule has 0 heterocycles. The van der Waals surface area contributed by atoms with Gasteiger partial charge in [0, 0.05) is 29.8 Å². The first kappa shape index (κ1) is 28.1. The maximum atomic E-state index is 12.5. The lowest BCUT2D eigenvalue weighted by Crippen LogP contribution is -2.28. The minimum Gasteiger partial charge on any atom is -0.488 e. The Morgan fingerprint density at radius 1 is 1.00 bits per heavy atom. The molecule has 7 heteroatoms. The van der Waals surface area contributed by atoms with Crippen LogP contribution in [0.15, 0.2) is 36.4 Å². The number of hydrogen-bond donors (Lipinski definition) is 1. The van der Waals surface area contributed by atoms with Crippen LogP contribution in [0, 0.1) is 17.0 Å². The molecule has 2 aromatic rings. The number of rotatable bonds is 13. The van der Waals surface area contributed by atoms with E-state index in [9.17, 15) is 14.9 Å². The van der Waals surface area contributed by atoms with Crippen LogP contribution in [0.5, 0.6) is 11.5 Å². The van der Waals surface area contributed by atoms with Crippen molar-refractivity contribution in [1.82, 2.24) is 5.32 Å². The Balaban J connectivity index is 2.00. The van der Waals surface area contributed by atoms with Crippen molar-refractivity contribution in [3.05, 3.63) is 63.2 Å². The van der Waals surface area contributed by atoms with E-state index < -0.39 is 4.92 Å². The number of nitrogens with zero attached hydrogens (tertiary/aromatic N) is 1. The van der Waals surface area contributed by atoms with Gasteiger partial charge in [-0.3, -0.25) is 14.9 Å². The van der Waals surface area contributed by atoms with E-state index in [1.807, 2.05) is 12.1 Å². The maximum Gasteiger partial charge on any atom is 0.273 e. The Morgan fingerprint density at radius 3 is 2.29 bits per heavy atom. The van der Waals surface area contributed by atoms with Gasteiger partial charge < -0.3 is 14.8 Å². The van der Waals surface area contributed by atoms with Crippen molar-refractivity contribution in [1.29, 1.82) is 0 Å². The minimum atomic E-state index is -0.467. The molecule has 2 aromatic carbocycles. The summed E-state index contributed by atoms with van der Waals surface area (Å²) in [5.41, 5.74) is 1.22. The highest BCUT2D eigenvalue weighted by molar-refractivity contribution is 5.96. The van der Waals surface area contributed by atoms with Crippen LogP contribution in [0.2, 0.25) is 0 Å². The number of carbonyl (C=O) groups excluding carboxylic acids is 1. The van der Waals surface area contributed by atoms with Crippen molar-refractivity contribution in [2.24, 2.45) is 0 Å². The summed E-state index contributed by atoms with van der Waals surface area (Å²) in [5, 5.41) is 14.0. The summed E-state index contributed by atoms with van der Waals surface area (Å²) in [6, 6.07) is 10.6. The molecule has 0 saturated carbocycles. The lowest BCUT2D eigenvalue weighted by atomic mass is 10.0. The molecule has 2 rings (SSSR count). The third-order valence-corrected chi connectivity index (χ3v) is 6.43. The van der Waals surface area contributed by atoms with Crippen molar-refractivity contribution in [2.75, 3.05) is 6.54 Å². The molecule has 0 aliphatic rings. The average Bonchev–Trinajstić information content (AvgIpc) is 2.79. The monoisotopic (exact) mass is 484 g/mol. The third kappa shape index (κ3) is 8.26. The van der Waals surface area contributed by atoms with Gasteiger partial charge in [0.1, 0.15) is 22.7 Å². The van der Waals surface area contributed by atoms with Gasteiger partial charge in [0.15, 0.2) is 0 Å². The van der Waals surface area contributed by atoms with Crippen LogP contribution in [0.25, 0.3) is 0 Å². The van der Waals surface area contributed by atoms with Crippen LogP contribution in [0.1, 0.15) is 88.7 Å². The zero-order valence-electron chi connectivity index (χ0n) is 22.2. The van der Waals surface area contributed by atoms with Gasteiger partial charge >= 0.3 is 0 Å². The molecule has 0 spiro atoms. The van der Waals surface area contributed by atoms with Crippen LogP contribution in [-0.4, -0.2) is 28.6 Å². The van der Waals surface area contributed by atoms with Crippen LogP contribution in [0.3, 0.4) is 0 Å². The van der Waals surface area contributed by atoms with E-state index in [0.29, 0.717) is 17.7 Å². The second kappa shape index (κ2) is 12.0. The van der Waals surface area contributed by atoms with E-state index >= 15 is 0 Å². The number of carbonyl (C=O) groups is 1. The Kier molecular flexibility index (Phi) is 9.69. The van der Waals surface area contributed by atoms with Gasteiger partial charge in [0.25, 0.3) is 11.6 Å². The number of amides is 1. The van der Waals surface area contributed by atoms with Crippen molar-refractivity contribution < 1.29 is 19.2 Å². The fourth-order valence-electron chi connectivity index (χ4n) is 3.47. The van der Waals surface area contributed by atoms with Crippen molar-refractivity contribution in [3.8, 4) is 11.5 Å². The van der Waals surface area contributed by atoms with E-state index in [0.717, 1.165) is 49.2 Å². The zero-order valence-corrected chi connectivity index (χ0v) is 22.2. The first-order chi connectivity index (χ1) is 16.4. The van der Waals surface area contributed by atoms with Gasteiger partial charge in [0.2, 0.25) is 0 Å². The number of benzene rings is 2. The summed E-state index contributed by atoms with van der Waals surface area (Å²) in [7, 11) is 0. The molecule has 1 amide bonds. The van der Waals surface area contributed by atoms with E-state index in [1.165, 1.54) is 12.1 Å². The van der Waals surface area contributed by atoms with Gasteiger partial charge in [-0.2, -0.15) is 0 Å². The molecule has 0 fully saturated rings. The summed E-state index contributed by atoms with van der Waals surface area (Å²) < 4.78 is 12.5. The predicted octanol–water partition coefficient (Wildman–Crippen LogP) is 6.79. The lowest BCUT2D eigenvalue weighted by molar-refractivity contribution is -0.385. The Morgan fingerprint density at radius 2 is 1.66 bits per heavy atom. The van der Waals surface area contributed by atoms with E-state index in [1.54, 1.807) is 13.0 Å². The smallest absolute Gasteiger partial charge is 0.273 e. The van der Waals surface area contributed by atoms with E-state index in [2.05, 4.69) is 52.9 Å². The number of ether oxygens (including phenoxy) is 2. The molecular formula is C28H40N2O5. The van der Waals surface area contributed by atoms with Crippen molar-refractivity contribution in [2.45, 2.75) is 91.8 Å². The highest BCUT2D eigenvalue weighted by Gasteiger charge is 2.22. The summed E-state index contributed by atoms with van der Waals surface area (Å²) >= 11 is 0. The molecule has 0 atom stereocenters. The fraction of sp³-hybridized carbons (Fsp3) is 0.536. The number of unbranched alkanes of at least 4 members (excludes halogenated alkanes) is 1. The second-order valence-corrected chi connectivity index (χ2v) is 10.1.